The lowest BCUT2D eigenvalue weighted by Gasteiger charge is -2.54. The Morgan fingerprint density at radius 1 is 1.21 bits per heavy atom. The van der Waals surface area contributed by atoms with Gasteiger partial charge in [-0.1, -0.05) is 23.5 Å². The minimum atomic E-state index is 0.271. The van der Waals surface area contributed by atoms with Gasteiger partial charge >= 0.3 is 0 Å². The molecule has 3 aliphatic rings. The highest BCUT2D eigenvalue weighted by Gasteiger charge is 2.48. The molecule has 3 atom stereocenters. The van der Waals surface area contributed by atoms with Gasteiger partial charge in [0.25, 0.3) is 0 Å². The molecular formula is C22H31N3O2S. The van der Waals surface area contributed by atoms with Crippen molar-refractivity contribution in [2.45, 2.75) is 31.7 Å². The lowest BCUT2D eigenvalue weighted by Crippen LogP contribution is -2.57. The maximum absolute atomic E-state index is 5.79. The lowest BCUT2D eigenvalue weighted by molar-refractivity contribution is -0.0539. The summed E-state index contributed by atoms with van der Waals surface area (Å²) in [5.74, 6) is 0.750. The molecule has 5 nitrogen and oxygen atoms in total. The highest BCUT2D eigenvalue weighted by Crippen LogP contribution is 2.49. The molecule has 5 rings (SSSR count). The molecule has 3 fully saturated rings. The number of benzene rings is 1. The van der Waals surface area contributed by atoms with E-state index in [4.69, 9.17) is 14.5 Å². The van der Waals surface area contributed by atoms with Crippen LogP contribution in [-0.2, 0) is 9.47 Å². The van der Waals surface area contributed by atoms with Gasteiger partial charge in [-0.15, -0.1) is 0 Å². The molecule has 0 N–H and O–H groups in total. The fourth-order valence-electron chi connectivity index (χ4n) is 5.71. The predicted molar refractivity (Wildman–Crippen MR) is 114 cm³/mol. The number of rotatable bonds is 4. The minimum Gasteiger partial charge on any atom is -0.384 e. The Kier molecular flexibility index (Phi) is 5.30. The molecule has 1 aromatic heterocycles. The molecule has 152 valence electrons. The molecule has 1 aromatic carbocycles. The number of ether oxygens (including phenoxy) is 2. The number of hydrogen-bond acceptors (Lipinski definition) is 6. The fraction of sp³-hybridized carbons (Fsp3) is 0.682. The summed E-state index contributed by atoms with van der Waals surface area (Å²) < 4.78 is 12.6. The molecule has 0 radical (unpaired) electrons. The Hall–Kier alpha value is -1.21. The first kappa shape index (κ1) is 18.8. The van der Waals surface area contributed by atoms with Gasteiger partial charge in [0.15, 0.2) is 5.13 Å². The van der Waals surface area contributed by atoms with E-state index in [-0.39, 0.29) is 5.41 Å². The molecule has 6 heteroatoms. The Bertz CT molecular complexity index is 773. The topological polar surface area (TPSA) is 37.8 Å². The highest BCUT2D eigenvalue weighted by molar-refractivity contribution is 7.22. The number of piperidine rings is 1. The number of anilines is 1. The van der Waals surface area contributed by atoms with Crippen LogP contribution in [-0.4, -0.2) is 69.0 Å². The van der Waals surface area contributed by atoms with Gasteiger partial charge in [-0.2, -0.15) is 0 Å². The minimum absolute atomic E-state index is 0.271. The standard InChI is InChI=1S/C22H31N3O2S/c1-26-16-22-8-6-18(24-10-12-27-13-11-24)14-17(22)7-9-25(15-22)21-23-19-4-2-3-5-20(19)28-21/h2-5,17-18H,6-16H2,1H3/t17-,18-,22+/m1/s1. The summed E-state index contributed by atoms with van der Waals surface area (Å²) in [4.78, 5) is 10.2. The lowest BCUT2D eigenvalue weighted by atomic mass is 9.62. The fourth-order valence-corrected chi connectivity index (χ4v) is 6.70. The summed E-state index contributed by atoms with van der Waals surface area (Å²) in [6, 6.07) is 9.23. The Morgan fingerprint density at radius 2 is 2.07 bits per heavy atom. The summed E-state index contributed by atoms with van der Waals surface area (Å²) >= 11 is 1.84. The SMILES string of the molecule is COC[C@@]12CC[C@@H](N3CCOCC3)C[C@H]1CCN(c1nc3ccccc3s1)C2. The number of nitrogens with zero attached hydrogens (tertiary/aromatic N) is 3. The Morgan fingerprint density at radius 3 is 2.89 bits per heavy atom. The van der Waals surface area contributed by atoms with Crippen molar-refractivity contribution >= 4 is 26.7 Å². The molecule has 1 aliphatic carbocycles. The average molecular weight is 402 g/mol. The molecule has 3 heterocycles. The highest BCUT2D eigenvalue weighted by atomic mass is 32.1. The quantitative estimate of drug-likeness (QED) is 0.782. The van der Waals surface area contributed by atoms with E-state index < -0.39 is 0 Å². The second-order valence-electron chi connectivity index (χ2n) is 8.74. The van der Waals surface area contributed by atoms with Crippen LogP contribution in [0.25, 0.3) is 10.2 Å². The number of morpholine rings is 1. The van der Waals surface area contributed by atoms with E-state index in [0.29, 0.717) is 0 Å². The molecule has 2 aromatic rings. The zero-order valence-corrected chi connectivity index (χ0v) is 17.6. The molecule has 0 unspecified atom stereocenters. The Labute approximate surface area is 171 Å². The van der Waals surface area contributed by atoms with E-state index in [1.54, 1.807) is 0 Å². The van der Waals surface area contributed by atoms with Gasteiger partial charge in [0, 0.05) is 44.7 Å². The van der Waals surface area contributed by atoms with Gasteiger partial charge in [0.05, 0.1) is 30.0 Å². The molecule has 1 saturated carbocycles. The van der Waals surface area contributed by atoms with Gasteiger partial charge in [-0.25, -0.2) is 4.98 Å². The molecular weight excluding hydrogens is 370 g/mol. The van der Waals surface area contributed by atoms with Crippen LogP contribution in [0, 0.1) is 11.3 Å². The van der Waals surface area contributed by atoms with E-state index in [1.165, 1.54) is 35.5 Å². The average Bonchev–Trinajstić information content (AvgIpc) is 3.18. The van der Waals surface area contributed by atoms with E-state index in [2.05, 4.69) is 34.1 Å². The molecule has 0 bridgehead atoms. The van der Waals surface area contributed by atoms with Crippen molar-refractivity contribution in [1.29, 1.82) is 0 Å². The van der Waals surface area contributed by atoms with Crippen LogP contribution in [0.3, 0.4) is 0 Å². The van der Waals surface area contributed by atoms with Crippen LogP contribution in [0.1, 0.15) is 25.7 Å². The largest absolute Gasteiger partial charge is 0.384 e. The summed E-state index contributed by atoms with van der Waals surface area (Å²) in [5.41, 5.74) is 1.40. The molecule has 0 spiro atoms. The first-order chi connectivity index (χ1) is 13.8. The van der Waals surface area contributed by atoms with Gasteiger partial charge in [-0.05, 0) is 43.7 Å². The van der Waals surface area contributed by atoms with Crippen LogP contribution in [0.5, 0.6) is 0 Å². The molecule has 0 amide bonds. The van der Waals surface area contributed by atoms with Gasteiger partial charge < -0.3 is 14.4 Å². The molecule has 28 heavy (non-hydrogen) atoms. The van der Waals surface area contributed by atoms with Gasteiger partial charge in [-0.3, -0.25) is 4.90 Å². The van der Waals surface area contributed by atoms with E-state index >= 15 is 0 Å². The van der Waals surface area contributed by atoms with Crippen molar-refractivity contribution in [2.24, 2.45) is 11.3 Å². The van der Waals surface area contributed by atoms with Crippen molar-refractivity contribution in [3.8, 4) is 0 Å². The zero-order valence-electron chi connectivity index (χ0n) is 16.8. The number of aromatic nitrogens is 1. The van der Waals surface area contributed by atoms with Crippen molar-refractivity contribution in [2.75, 3.05) is 58.0 Å². The maximum Gasteiger partial charge on any atom is 0.186 e. The number of fused-ring (bicyclic) bond motifs is 2. The second-order valence-corrected chi connectivity index (χ2v) is 9.75. The van der Waals surface area contributed by atoms with E-state index in [9.17, 15) is 0 Å². The first-order valence-corrected chi connectivity index (χ1v) is 11.5. The first-order valence-electron chi connectivity index (χ1n) is 10.7. The third kappa shape index (κ3) is 3.45. The van der Waals surface area contributed by atoms with Crippen LogP contribution in [0.2, 0.25) is 0 Å². The molecule has 2 saturated heterocycles. The zero-order chi connectivity index (χ0) is 19.0. The smallest absolute Gasteiger partial charge is 0.186 e. The number of hydrogen-bond donors (Lipinski definition) is 0. The van der Waals surface area contributed by atoms with E-state index in [0.717, 1.165) is 63.5 Å². The second kappa shape index (κ2) is 7.90. The van der Waals surface area contributed by atoms with Crippen molar-refractivity contribution in [3.05, 3.63) is 24.3 Å². The third-order valence-corrected chi connectivity index (χ3v) is 8.30. The van der Waals surface area contributed by atoms with Gasteiger partial charge in [0.1, 0.15) is 0 Å². The summed E-state index contributed by atoms with van der Waals surface area (Å²) in [6.07, 6.45) is 5.11. The number of para-hydroxylation sites is 1. The normalized spacial score (nSPS) is 31.8. The summed E-state index contributed by atoms with van der Waals surface area (Å²) in [5, 5.41) is 1.19. The van der Waals surface area contributed by atoms with Crippen LogP contribution >= 0.6 is 11.3 Å². The number of thiazole rings is 1. The third-order valence-electron chi connectivity index (χ3n) is 7.20. The van der Waals surface area contributed by atoms with E-state index in [1.807, 2.05) is 18.4 Å². The van der Waals surface area contributed by atoms with Crippen LogP contribution in [0.4, 0.5) is 5.13 Å². The maximum atomic E-state index is 5.79. The number of methoxy groups -OCH3 is 1. The van der Waals surface area contributed by atoms with Gasteiger partial charge in [0.2, 0.25) is 0 Å². The van der Waals surface area contributed by atoms with Crippen molar-refractivity contribution < 1.29 is 9.47 Å². The van der Waals surface area contributed by atoms with Crippen LogP contribution < -0.4 is 4.90 Å². The summed E-state index contributed by atoms with van der Waals surface area (Å²) in [6.45, 7) is 7.08. The van der Waals surface area contributed by atoms with Crippen LogP contribution in [0.15, 0.2) is 24.3 Å². The predicted octanol–water partition coefficient (Wildman–Crippen LogP) is 3.64. The molecule has 2 aliphatic heterocycles. The summed E-state index contributed by atoms with van der Waals surface area (Å²) in [7, 11) is 1.87. The Balaban J connectivity index is 1.34. The monoisotopic (exact) mass is 401 g/mol. The van der Waals surface area contributed by atoms with Crippen molar-refractivity contribution in [1.82, 2.24) is 9.88 Å². The van der Waals surface area contributed by atoms with Crippen molar-refractivity contribution in [3.63, 3.8) is 0 Å².